The Hall–Kier alpha value is -2.31. The quantitative estimate of drug-likeness (QED) is 0.849. The van der Waals surface area contributed by atoms with Gasteiger partial charge >= 0.3 is 6.09 Å². The van der Waals surface area contributed by atoms with Crippen molar-refractivity contribution >= 4 is 12.0 Å². The number of carbonyl (C=O) groups excluding carboxylic acids is 2. The molecule has 1 aliphatic rings. The van der Waals surface area contributed by atoms with E-state index in [1.54, 1.807) is 15.9 Å². The maximum absolute atomic E-state index is 12.4. The van der Waals surface area contributed by atoms with Crippen molar-refractivity contribution in [2.24, 2.45) is 0 Å². The number of pyridine rings is 1. The van der Waals surface area contributed by atoms with Crippen LogP contribution in [0.3, 0.4) is 0 Å². The number of aromatic nitrogens is 1. The molecule has 1 saturated heterocycles. The SMILES string of the molecule is CC(C)(C)OC(=O)N1CCCN(C(=O)c2ccc[nH]c2=O)CC1. The van der Waals surface area contributed by atoms with Gasteiger partial charge in [0.15, 0.2) is 0 Å². The molecule has 0 atom stereocenters. The molecule has 126 valence electrons. The van der Waals surface area contributed by atoms with Crippen LogP contribution in [0.4, 0.5) is 4.79 Å². The maximum atomic E-state index is 12.4. The second kappa shape index (κ2) is 6.85. The molecule has 0 spiro atoms. The van der Waals surface area contributed by atoms with Gasteiger partial charge in [0.25, 0.3) is 11.5 Å². The van der Waals surface area contributed by atoms with Gasteiger partial charge < -0.3 is 19.5 Å². The topological polar surface area (TPSA) is 82.7 Å². The van der Waals surface area contributed by atoms with Gasteiger partial charge in [0, 0.05) is 32.4 Å². The monoisotopic (exact) mass is 321 g/mol. The number of ether oxygens (including phenoxy) is 1. The first-order chi connectivity index (χ1) is 10.8. The first kappa shape index (κ1) is 17.1. The fourth-order valence-corrected chi connectivity index (χ4v) is 2.39. The van der Waals surface area contributed by atoms with E-state index in [4.69, 9.17) is 4.74 Å². The Morgan fingerprint density at radius 1 is 1.13 bits per heavy atom. The zero-order valence-electron chi connectivity index (χ0n) is 13.8. The van der Waals surface area contributed by atoms with Crippen molar-refractivity contribution in [2.45, 2.75) is 32.8 Å². The van der Waals surface area contributed by atoms with Crippen molar-refractivity contribution < 1.29 is 14.3 Å². The average molecular weight is 321 g/mol. The first-order valence-electron chi connectivity index (χ1n) is 7.73. The summed E-state index contributed by atoms with van der Waals surface area (Å²) in [5, 5.41) is 0. The second-order valence-electron chi connectivity index (χ2n) is 6.53. The lowest BCUT2D eigenvalue weighted by Gasteiger charge is -2.26. The summed E-state index contributed by atoms with van der Waals surface area (Å²) < 4.78 is 5.36. The van der Waals surface area contributed by atoms with E-state index in [1.165, 1.54) is 12.3 Å². The van der Waals surface area contributed by atoms with Gasteiger partial charge in [0.2, 0.25) is 0 Å². The van der Waals surface area contributed by atoms with Crippen molar-refractivity contribution in [3.05, 3.63) is 34.2 Å². The summed E-state index contributed by atoms with van der Waals surface area (Å²) in [7, 11) is 0. The van der Waals surface area contributed by atoms with E-state index in [-0.39, 0.29) is 17.6 Å². The number of nitrogens with zero attached hydrogens (tertiary/aromatic N) is 2. The van der Waals surface area contributed by atoms with Crippen molar-refractivity contribution in [3.8, 4) is 0 Å². The maximum Gasteiger partial charge on any atom is 0.410 e. The molecule has 1 aliphatic heterocycles. The lowest BCUT2D eigenvalue weighted by atomic mass is 10.2. The van der Waals surface area contributed by atoms with E-state index in [1.807, 2.05) is 20.8 Å². The highest BCUT2D eigenvalue weighted by atomic mass is 16.6. The minimum atomic E-state index is -0.545. The van der Waals surface area contributed by atoms with E-state index in [2.05, 4.69) is 4.98 Å². The molecule has 1 aromatic heterocycles. The Morgan fingerprint density at radius 3 is 2.43 bits per heavy atom. The molecule has 23 heavy (non-hydrogen) atoms. The predicted octanol–water partition coefficient (Wildman–Crippen LogP) is 1.46. The molecule has 7 heteroatoms. The summed E-state index contributed by atoms with van der Waals surface area (Å²) in [4.78, 5) is 42.0. The van der Waals surface area contributed by atoms with Crippen molar-refractivity contribution in [3.63, 3.8) is 0 Å². The summed E-state index contributed by atoms with van der Waals surface area (Å²) in [6.07, 6.45) is 1.77. The fraction of sp³-hybridized carbons (Fsp3) is 0.562. The first-order valence-corrected chi connectivity index (χ1v) is 7.73. The highest BCUT2D eigenvalue weighted by molar-refractivity contribution is 5.93. The number of hydrogen-bond acceptors (Lipinski definition) is 4. The highest BCUT2D eigenvalue weighted by Gasteiger charge is 2.26. The number of carbonyl (C=O) groups is 2. The van der Waals surface area contributed by atoms with Crippen LogP contribution in [0.15, 0.2) is 23.1 Å². The third-order valence-electron chi connectivity index (χ3n) is 3.48. The van der Waals surface area contributed by atoms with E-state index in [0.717, 1.165) is 0 Å². The van der Waals surface area contributed by atoms with E-state index in [0.29, 0.717) is 32.6 Å². The molecule has 1 aromatic rings. The Kier molecular flexibility index (Phi) is 5.08. The van der Waals surface area contributed by atoms with Crippen molar-refractivity contribution in [1.29, 1.82) is 0 Å². The van der Waals surface area contributed by atoms with Crippen molar-refractivity contribution in [1.82, 2.24) is 14.8 Å². The van der Waals surface area contributed by atoms with Crippen LogP contribution in [0.1, 0.15) is 37.6 Å². The summed E-state index contributed by atoms with van der Waals surface area (Å²) in [6, 6.07) is 3.14. The molecule has 1 fully saturated rings. The van der Waals surface area contributed by atoms with Gasteiger partial charge in [-0.25, -0.2) is 4.79 Å². The van der Waals surface area contributed by atoms with Crippen LogP contribution in [0.2, 0.25) is 0 Å². The van der Waals surface area contributed by atoms with Gasteiger partial charge in [-0.2, -0.15) is 0 Å². The Bertz CT molecular complexity index is 633. The third kappa shape index (κ3) is 4.58. The average Bonchev–Trinajstić information content (AvgIpc) is 2.71. The summed E-state index contributed by atoms with van der Waals surface area (Å²) >= 11 is 0. The number of aromatic amines is 1. The van der Waals surface area contributed by atoms with Gasteiger partial charge in [-0.15, -0.1) is 0 Å². The minimum absolute atomic E-state index is 0.123. The van der Waals surface area contributed by atoms with E-state index in [9.17, 15) is 14.4 Å². The zero-order chi connectivity index (χ0) is 17.0. The smallest absolute Gasteiger partial charge is 0.410 e. The molecule has 2 heterocycles. The molecule has 1 N–H and O–H groups in total. The summed E-state index contributed by atoms with van der Waals surface area (Å²) in [5.74, 6) is -0.308. The molecule has 2 rings (SSSR count). The highest BCUT2D eigenvalue weighted by Crippen LogP contribution is 2.13. The van der Waals surface area contributed by atoms with Gasteiger partial charge in [-0.3, -0.25) is 9.59 Å². The van der Waals surface area contributed by atoms with Crippen LogP contribution in [-0.2, 0) is 4.74 Å². The van der Waals surface area contributed by atoms with E-state index >= 15 is 0 Å². The largest absolute Gasteiger partial charge is 0.444 e. The normalized spacial score (nSPS) is 16.0. The summed E-state index contributed by atoms with van der Waals surface area (Å²) in [6.45, 7) is 7.27. The molecule has 0 radical (unpaired) electrons. The van der Waals surface area contributed by atoms with Crippen LogP contribution < -0.4 is 5.56 Å². The second-order valence-corrected chi connectivity index (χ2v) is 6.53. The minimum Gasteiger partial charge on any atom is -0.444 e. The van der Waals surface area contributed by atoms with Crippen LogP contribution in [-0.4, -0.2) is 58.6 Å². The van der Waals surface area contributed by atoms with Gasteiger partial charge in [0.05, 0.1) is 0 Å². The van der Waals surface area contributed by atoms with Gasteiger partial charge in [0.1, 0.15) is 11.2 Å². The van der Waals surface area contributed by atoms with E-state index < -0.39 is 11.2 Å². The van der Waals surface area contributed by atoms with Crippen LogP contribution in [0.25, 0.3) is 0 Å². The van der Waals surface area contributed by atoms with Crippen molar-refractivity contribution in [2.75, 3.05) is 26.2 Å². The zero-order valence-corrected chi connectivity index (χ0v) is 13.8. The lowest BCUT2D eigenvalue weighted by Crippen LogP contribution is -2.40. The molecule has 2 amide bonds. The predicted molar refractivity (Wildman–Crippen MR) is 85.4 cm³/mol. The Morgan fingerprint density at radius 2 is 1.78 bits per heavy atom. The number of H-pyrrole nitrogens is 1. The third-order valence-corrected chi connectivity index (χ3v) is 3.48. The number of hydrogen-bond donors (Lipinski definition) is 1. The lowest BCUT2D eigenvalue weighted by molar-refractivity contribution is 0.0255. The molecule has 0 saturated carbocycles. The molecular formula is C16H23N3O4. The number of rotatable bonds is 1. The van der Waals surface area contributed by atoms with Gasteiger partial charge in [-0.1, -0.05) is 0 Å². The fourth-order valence-electron chi connectivity index (χ4n) is 2.39. The standard InChI is InChI=1S/C16H23N3O4/c1-16(2,3)23-15(22)19-9-5-8-18(10-11-19)14(21)12-6-4-7-17-13(12)20/h4,6-7H,5,8-11H2,1-3H3,(H,17,20). The summed E-state index contributed by atoms with van der Waals surface area (Å²) in [5.41, 5.74) is -0.820. The Balaban J connectivity index is 2.01. The van der Waals surface area contributed by atoms with Crippen LogP contribution >= 0.6 is 0 Å². The molecular weight excluding hydrogens is 298 g/mol. The molecule has 0 unspecified atom stereocenters. The number of nitrogens with one attached hydrogen (secondary N) is 1. The van der Waals surface area contributed by atoms with Crippen LogP contribution in [0.5, 0.6) is 0 Å². The molecule has 0 bridgehead atoms. The molecule has 0 aliphatic carbocycles. The Labute approximate surface area is 135 Å². The van der Waals surface area contributed by atoms with Crippen LogP contribution in [0, 0.1) is 0 Å². The molecule has 0 aromatic carbocycles. The van der Waals surface area contributed by atoms with Gasteiger partial charge in [-0.05, 0) is 39.3 Å². The number of amides is 2. The molecule has 7 nitrogen and oxygen atoms in total.